The van der Waals surface area contributed by atoms with Crippen LogP contribution in [0.25, 0.3) is 33.4 Å². The van der Waals surface area contributed by atoms with Crippen molar-refractivity contribution >= 4 is 69.1 Å². The smallest absolute Gasteiger partial charge is 0.329 e. The van der Waals surface area contributed by atoms with Gasteiger partial charge in [-0.25, -0.2) is 24.1 Å². The van der Waals surface area contributed by atoms with Gasteiger partial charge in [-0.05, 0) is 125 Å². The van der Waals surface area contributed by atoms with E-state index in [-0.39, 0.29) is 91.8 Å². The Morgan fingerprint density at radius 1 is 0.744 bits per heavy atom. The van der Waals surface area contributed by atoms with E-state index >= 15 is 0 Å². The number of fused-ring (bicyclic) bond motifs is 5. The molecule has 1 aromatic carbocycles. The number of allylic oxidation sites excluding steroid dienone is 6. The van der Waals surface area contributed by atoms with Gasteiger partial charge in [0.15, 0.2) is 17.0 Å². The molecule has 8 heterocycles. The zero-order valence-electron chi connectivity index (χ0n) is 72.0. The molecule has 6 N–H and O–H groups in total. The number of benzene rings is 1. The summed E-state index contributed by atoms with van der Waals surface area (Å²) in [5, 5.41) is 37.8. The second kappa shape index (κ2) is 47.6. The average Bonchev–Trinajstić information content (AvgIpc) is 1.63. The van der Waals surface area contributed by atoms with E-state index < -0.39 is 77.8 Å². The number of nitrogens with two attached hydrogens (primary N) is 2. The minimum absolute atomic E-state index is 0.00886. The van der Waals surface area contributed by atoms with E-state index in [1.807, 2.05) is 86.0 Å². The summed E-state index contributed by atoms with van der Waals surface area (Å²) in [7, 11) is 4.61. The van der Waals surface area contributed by atoms with Gasteiger partial charge in [0, 0.05) is 89.6 Å². The number of oxazole rings is 1. The molecule has 4 aromatic heterocycles. The fourth-order valence-corrected chi connectivity index (χ4v) is 16.5. The second-order valence-electron chi connectivity index (χ2n) is 32.8. The van der Waals surface area contributed by atoms with Gasteiger partial charge in [-0.1, -0.05) is 76.3 Å². The number of Topliss-reactive ketones (excluding diaryl/α,β-unsaturated/α-hetero) is 3. The van der Waals surface area contributed by atoms with Crippen molar-refractivity contribution in [3.8, 4) is 11.3 Å². The van der Waals surface area contributed by atoms with Gasteiger partial charge in [-0.15, -0.1) is 5.10 Å². The van der Waals surface area contributed by atoms with Crippen LogP contribution in [0.3, 0.4) is 0 Å². The predicted octanol–water partition coefficient (Wildman–Crippen LogP) is 7.77. The summed E-state index contributed by atoms with van der Waals surface area (Å²) in [4.78, 5) is 101. The third-order valence-corrected chi connectivity index (χ3v) is 23.6. The van der Waals surface area contributed by atoms with Crippen LogP contribution in [0.5, 0.6) is 0 Å². The lowest BCUT2D eigenvalue weighted by Crippen LogP contribution is -2.61. The van der Waals surface area contributed by atoms with Gasteiger partial charge in [0.25, 0.3) is 17.7 Å². The van der Waals surface area contributed by atoms with Crippen LogP contribution in [0.4, 0.5) is 11.8 Å². The number of aromatic nitrogens is 8. The summed E-state index contributed by atoms with van der Waals surface area (Å²) in [6.07, 6.45) is 14.9. The topological polar surface area (TPSA) is 422 Å². The predicted molar refractivity (Wildman–Crippen MR) is 445 cm³/mol. The standard InChI is InChI=1S/C87H128N12O22/c1-55-16-12-11-13-17-56(2)72(108-8)47-66-22-19-61(7)87(107,121-66)81(104)84(105)98-26-15-14-18-68(98)85(106)119-73(48-69(100)57(3)43-60(6)79(103)80(110-10)78(102)59(5)42-55)58(4)44-62-20-23-71(74(45-62)109-9)118-41-40-117-53-65-52-97(95-93-65)27-29-112-31-33-114-35-37-116-39-38-115-36-34-113-32-30-111-28-25-75(101)96-49-63(50-96)51-99-83-76(82(88)90-54-91-83)77(94-99)64-21-24-70-67(46-64)92-86(89)120-70/h11-13,16-17,21,24,43,46,52,54-55,57-59,61-63,66,68,71-74,79-80,103,107H,14-15,18-20,22-23,25-42,44-45,47-51,53H2,1-10H3,(H2,89,92)(H2,88,90,91)/b13-11+,16-12+,56-17+,60-43+/t55-,57-,58-,59-,61-,62+,66+,68+,71-,72?,73+,74-,79-,80+,87-/m1/s1. The molecule has 2 bridgehead atoms. The van der Waals surface area contributed by atoms with Crippen molar-refractivity contribution in [1.29, 1.82) is 0 Å². The molecule has 15 atom stereocenters. The maximum Gasteiger partial charge on any atom is 0.329 e. The van der Waals surface area contributed by atoms with Crippen LogP contribution in [0, 0.1) is 41.4 Å². The Balaban J connectivity index is 0.578. The molecule has 4 fully saturated rings. The van der Waals surface area contributed by atoms with Crippen LogP contribution in [0.1, 0.15) is 138 Å². The summed E-state index contributed by atoms with van der Waals surface area (Å²) >= 11 is 0. The second-order valence-corrected chi connectivity index (χ2v) is 32.8. The van der Waals surface area contributed by atoms with Crippen molar-refractivity contribution in [2.45, 2.75) is 206 Å². The number of esters is 1. The summed E-state index contributed by atoms with van der Waals surface area (Å²) in [6.45, 7) is 20.5. The molecule has 4 aliphatic heterocycles. The highest BCUT2D eigenvalue weighted by atomic mass is 16.6. The minimum Gasteiger partial charge on any atom is -0.460 e. The number of carbonyl (C=O) groups is 6. The normalized spacial score (nSPS) is 28.0. The van der Waals surface area contributed by atoms with Gasteiger partial charge in [-0.2, -0.15) is 10.1 Å². The Labute approximate surface area is 708 Å². The SMILES string of the molecule is COC1C[C@@H]2CC[C@@H](C)[C@@](O)(O2)C(=O)C(=O)N2CCCC[C@H]2C(=O)O[C@H]([C@H](C)C[C@@H]2CC[C@@H](OCCOCc3cn(CCOCCOCCOCCOCCOCCOCCC(=O)N4CC(Cn5nc(-c6ccc7oc(N)nc7c6)c6c(N)ncnc65)C4)nn3)[C@H](OC)C2)CC(=O)[C@H](C)/C=C(\C)[C@@H](O)[C@@H](OC)C(=O)[C@H](C)C[C@H](C)/C=C/C=C/C=C/1C. The Morgan fingerprint density at radius 2 is 1.45 bits per heavy atom. The highest BCUT2D eigenvalue weighted by molar-refractivity contribution is 6.39. The number of aliphatic hydroxyl groups is 2. The van der Waals surface area contributed by atoms with Crippen LogP contribution in [-0.2, 0) is 110 Å². The monoisotopic (exact) mass is 1690 g/mol. The van der Waals surface area contributed by atoms with Gasteiger partial charge in [0.2, 0.25) is 11.7 Å². The Hall–Kier alpha value is -8.20. The average molecular weight is 1690 g/mol. The lowest BCUT2D eigenvalue weighted by Gasteiger charge is -2.42. The van der Waals surface area contributed by atoms with Gasteiger partial charge in [0.1, 0.15) is 59.2 Å². The van der Waals surface area contributed by atoms with E-state index in [9.17, 15) is 39.0 Å². The first kappa shape index (κ1) is 95.0. The third-order valence-electron chi connectivity index (χ3n) is 23.6. The van der Waals surface area contributed by atoms with E-state index in [2.05, 4.69) is 25.3 Å². The molecule has 1 unspecified atom stereocenters. The van der Waals surface area contributed by atoms with Crippen molar-refractivity contribution in [3.63, 3.8) is 0 Å². The Morgan fingerprint density at radius 3 is 2.15 bits per heavy atom. The van der Waals surface area contributed by atoms with Crippen molar-refractivity contribution in [2.24, 2.45) is 41.4 Å². The number of likely N-dealkylation sites (tertiary alicyclic amines) is 1. The molecule has 668 valence electrons. The van der Waals surface area contributed by atoms with E-state index in [0.29, 0.717) is 221 Å². The molecule has 34 nitrogen and oxygen atoms in total. The van der Waals surface area contributed by atoms with E-state index in [0.717, 1.165) is 17.6 Å². The highest BCUT2D eigenvalue weighted by Crippen LogP contribution is 2.40. The lowest BCUT2D eigenvalue weighted by atomic mass is 9.78. The molecule has 3 saturated heterocycles. The first-order valence-electron chi connectivity index (χ1n) is 42.8. The zero-order valence-corrected chi connectivity index (χ0v) is 72.0. The van der Waals surface area contributed by atoms with Crippen LogP contribution >= 0.6 is 0 Å². The molecule has 0 spiro atoms. The molecule has 1 aliphatic carbocycles. The fourth-order valence-electron chi connectivity index (χ4n) is 16.5. The largest absolute Gasteiger partial charge is 0.460 e. The Bertz CT molecular complexity index is 4270. The number of piperidine rings is 1. The van der Waals surface area contributed by atoms with Crippen molar-refractivity contribution < 1.29 is 105 Å². The number of nitrogen functional groups attached to an aromatic ring is 2. The number of aliphatic hydroxyl groups excluding tert-OH is 1. The molecule has 5 aromatic rings. The summed E-state index contributed by atoms with van der Waals surface area (Å²) in [6, 6.07) is 4.39. The van der Waals surface area contributed by atoms with E-state index in [1.54, 1.807) is 51.8 Å². The number of hydrogen-bond acceptors (Lipinski definition) is 30. The van der Waals surface area contributed by atoms with Crippen LogP contribution in [0.2, 0.25) is 0 Å². The molecular weight excluding hydrogens is 1570 g/mol. The van der Waals surface area contributed by atoms with Gasteiger partial charge in [-0.3, -0.25) is 24.0 Å². The number of ether oxygens (including phenoxy) is 13. The zero-order chi connectivity index (χ0) is 86.5. The number of hydrogen-bond donors (Lipinski definition) is 4. The van der Waals surface area contributed by atoms with E-state index in [1.165, 1.54) is 18.3 Å². The van der Waals surface area contributed by atoms with Crippen LogP contribution < -0.4 is 11.5 Å². The summed E-state index contributed by atoms with van der Waals surface area (Å²) in [5.41, 5.74) is 17.2. The summed E-state index contributed by atoms with van der Waals surface area (Å²) in [5.74, 6) is -7.77. The van der Waals surface area contributed by atoms with Gasteiger partial charge in [0.05, 0.1) is 148 Å². The molecule has 2 amide bonds. The van der Waals surface area contributed by atoms with E-state index in [4.69, 9.17) is 82.6 Å². The quantitative estimate of drug-likeness (QED) is 0.0129. The molecule has 0 radical (unpaired) electrons. The molecule has 1 saturated carbocycles. The lowest BCUT2D eigenvalue weighted by molar-refractivity contribution is -0.265. The van der Waals surface area contributed by atoms with Crippen LogP contribution in [-0.4, -0.2) is 283 Å². The van der Waals surface area contributed by atoms with Gasteiger partial charge < -0.3 is 97.5 Å². The Kier molecular flexibility index (Phi) is 37.4. The molecular formula is C87H128N12O22. The summed E-state index contributed by atoms with van der Waals surface area (Å²) < 4.78 is 85.4. The molecule has 34 heteroatoms. The molecule has 5 aliphatic rings. The maximum atomic E-state index is 14.8. The molecule has 10 rings (SSSR count). The van der Waals surface area contributed by atoms with Crippen LogP contribution in [0.15, 0.2) is 82.7 Å². The number of ketones is 3. The number of carbonyl (C=O) groups excluding carboxylic acids is 6. The third kappa shape index (κ3) is 27.2. The fraction of sp³-hybridized carbons (Fsp3) is 0.678. The van der Waals surface area contributed by atoms with Crippen molar-refractivity contribution in [3.05, 3.63) is 84.0 Å². The minimum atomic E-state index is -2.47. The molecule has 121 heavy (non-hydrogen) atoms. The number of anilines is 2. The highest BCUT2D eigenvalue weighted by Gasteiger charge is 2.53. The number of amides is 2. The first-order chi connectivity index (χ1) is 58.4. The van der Waals surface area contributed by atoms with Crippen molar-refractivity contribution in [2.75, 3.05) is 145 Å². The maximum absolute atomic E-state index is 14.8. The number of nitrogens with zero attached hydrogens (tertiary/aromatic N) is 10. The number of cyclic esters (lactones) is 1. The number of methoxy groups -OCH3 is 3. The van der Waals surface area contributed by atoms with Crippen molar-refractivity contribution in [1.82, 2.24) is 49.5 Å². The van der Waals surface area contributed by atoms with Gasteiger partial charge >= 0.3 is 5.97 Å². The number of rotatable bonds is 36. The first-order valence-corrected chi connectivity index (χ1v) is 42.8.